The summed E-state index contributed by atoms with van der Waals surface area (Å²) in [5.41, 5.74) is 4.24. The molecule has 7 nitrogen and oxygen atoms in total. The van der Waals surface area contributed by atoms with Gasteiger partial charge in [-0.25, -0.2) is 4.98 Å². The number of halogens is 1. The standard InChI is InChI=1S/C17H19ClN4O3/c1-11-7-8-16(19-9-11)21-17(22-25-12(2)23)20-10-13-14(18)5-4-6-15(13)24-3/h4-9H,10H2,1-3H3,(H2,19,20,21,22). The molecule has 1 aromatic carbocycles. The first-order valence-corrected chi connectivity index (χ1v) is 7.87. The summed E-state index contributed by atoms with van der Waals surface area (Å²) in [5, 5.41) is 3.58. The molecule has 0 unspecified atom stereocenters. The van der Waals surface area contributed by atoms with Crippen molar-refractivity contribution in [3.63, 3.8) is 0 Å². The summed E-state index contributed by atoms with van der Waals surface area (Å²) < 4.78 is 5.31. The van der Waals surface area contributed by atoms with Crippen LogP contribution >= 0.6 is 11.6 Å². The second-order valence-electron chi connectivity index (χ2n) is 5.12. The van der Waals surface area contributed by atoms with Crippen molar-refractivity contribution in [1.82, 2.24) is 15.8 Å². The number of aromatic nitrogens is 1. The number of aryl methyl sites for hydroxylation is 1. The van der Waals surface area contributed by atoms with E-state index in [0.29, 0.717) is 23.1 Å². The predicted octanol–water partition coefficient (Wildman–Crippen LogP) is 2.90. The zero-order chi connectivity index (χ0) is 18.2. The Morgan fingerprint density at radius 3 is 2.76 bits per heavy atom. The average Bonchev–Trinajstić information content (AvgIpc) is 2.59. The number of carbonyl (C=O) groups excluding carboxylic acids is 1. The van der Waals surface area contributed by atoms with Gasteiger partial charge in [0.25, 0.3) is 0 Å². The Bertz CT molecular complexity index is 763. The van der Waals surface area contributed by atoms with Crippen molar-refractivity contribution in [3.8, 4) is 5.75 Å². The third-order valence-corrected chi connectivity index (χ3v) is 3.50. The Morgan fingerprint density at radius 2 is 2.12 bits per heavy atom. The molecule has 0 aliphatic rings. The first-order valence-electron chi connectivity index (χ1n) is 7.49. The van der Waals surface area contributed by atoms with Crippen LogP contribution in [0.3, 0.4) is 0 Å². The van der Waals surface area contributed by atoms with Crippen LogP contribution in [0.25, 0.3) is 0 Å². The molecule has 2 N–H and O–H groups in total. The van der Waals surface area contributed by atoms with E-state index in [1.54, 1.807) is 37.6 Å². The summed E-state index contributed by atoms with van der Waals surface area (Å²) >= 11 is 6.22. The van der Waals surface area contributed by atoms with Crippen molar-refractivity contribution in [3.05, 3.63) is 52.7 Å². The van der Waals surface area contributed by atoms with Gasteiger partial charge in [0.15, 0.2) is 5.82 Å². The molecule has 1 heterocycles. The van der Waals surface area contributed by atoms with E-state index in [1.165, 1.54) is 6.92 Å². The molecule has 0 atom stereocenters. The maximum atomic E-state index is 11.0. The van der Waals surface area contributed by atoms with E-state index < -0.39 is 5.97 Å². The zero-order valence-corrected chi connectivity index (χ0v) is 14.9. The van der Waals surface area contributed by atoms with Gasteiger partial charge in [0, 0.05) is 30.3 Å². The van der Waals surface area contributed by atoms with Crippen molar-refractivity contribution in [1.29, 1.82) is 0 Å². The Labute approximate surface area is 151 Å². The fraction of sp³-hybridized carbons (Fsp3) is 0.235. The number of aliphatic imine (C=N–C) groups is 1. The SMILES string of the molecule is COc1cccc(Cl)c1CNC(=Nc1ccc(C)cn1)NOC(C)=O. The Kier molecular flexibility index (Phi) is 6.59. The van der Waals surface area contributed by atoms with Crippen LogP contribution in [0.4, 0.5) is 5.82 Å². The smallest absolute Gasteiger partial charge is 0.329 e. The maximum absolute atomic E-state index is 11.0. The van der Waals surface area contributed by atoms with E-state index in [0.717, 1.165) is 11.1 Å². The molecule has 0 fully saturated rings. The molecule has 8 heteroatoms. The zero-order valence-electron chi connectivity index (χ0n) is 14.2. The number of hydroxylamine groups is 1. The van der Waals surface area contributed by atoms with E-state index in [-0.39, 0.29) is 5.96 Å². The van der Waals surface area contributed by atoms with Gasteiger partial charge in [0.05, 0.1) is 7.11 Å². The molecular formula is C17H19ClN4O3. The number of methoxy groups -OCH3 is 1. The molecule has 2 rings (SSSR count). The van der Waals surface area contributed by atoms with Crippen LogP contribution in [0, 0.1) is 6.92 Å². The lowest BCUT2D eigenvalue weighted by molar-refractivity contribution is -0.145. The highest BCUT2D eigenvalue weighted by Crippen LogP contribution is 2.25. The lowest BCUT2D eigenvalue weighted by Gasteiger charge is -2.14. The van der Waals surface area contributed by atoms with Gasteiger partial charge in [-0.3, -0.25) is 4.79 Å². The van der Waals surface area contributed by atoms with E-state index >= 15 is 0 Å². The van der Waals surface area contributed by atoms with Crippen LogP contribution in [-0.2, 0) is 16.2 Å². The van der Waals surface area contributed by atoms with Crippen molar-refractivity contribution in [2.24, 2.45) is 4.99 Å². The summed E-state index contributed by atoms with van der Waals surface area (Å²) in [7, 11) is 1.57. The van der Waals surface area contributed by atoms with Crippen LogP contribution in [-0.4, -0.2) is 24.0 Å². The number of benzene rings is 1. The van der Waals surface area contributed by atoms with Gasteiger partial charge in [-0.1, -0.05) is 23.7 Å². The largest absolute Gasteiger partial charge is 0.496 e. The minimum absolute atomic E-state index is 0.216. The highest BCUT2D eigenvalue weighted by molar-refractivity contribution is 6.31. The first-order chi connectivity index (χ1) is 12.0. The van der Waals surface area contributed by atoms with Gasteiger partial charge in [-0.05, 0) is 30.7 Å². The lowest BCUT2D eigenvalue weighted by atomic mass is 10.2. The van der Waals surface area contributed by atoms with Gasteiger partial charge in [-0.2, -0.15) is 10.5 Å². The molecule has 0 saturated carbocycles. The first kappa shape index (κ1) is 18.5. The molecule has 0 amide bonds. The summed E-state index contributed by atoms with van der Waals surface area (Å²) in [6.07, 6.45) is 1.69. The number of nitrogens with one attached hydrogen (secondary N) is 2. The minimum atomic E-state index is -0.498. The number of nitrogens with zero attached hydrogens (tertiary/aromatic N) is 2. The number of hydrogen-bond donors (Lipinski definition) is 2. The molecule has 0 aliphatic carbocycles. The van der Waals surface area contributed by atoms with Gasteiger partial charge < -0.3 is 14.9 Å². The van der Waals surface area contributed by atoms with Gasteiger partial charge in [0.2, 0.25) is 5.96 Å². The van der Waals surface area contributed by atoms with Gasteiger partial charge in [0.1, 0.15) is 5.75 Å². The molecule has 0 radical (unpaired) electrons. The molecule has 2 aromatic rings. The van der Waals surface area contributed by atoms with Gasteiger partial charge >= 0.3 is 5.97 Å². The Balaban J connectivity index is 2.19. The van der Waals surface area contributed by atoms with Crippen LogP contribution < -0.4 is 15.5 Å². The normalized spacial score (nSPS) is 11.0. The fourth-order valence-electron chi connectivity index (χ4n) is 1.93. The van der Waals surface area contributed by atoms with E-state index in [9.17, 15) is 4.79 Å². The Hall–Kier alpha value is -2.80. The number of rotatable bonds is 4. The van der Waals surface area contributed by atoms with Crippen LogP contribution in [0.2, 0.25) is 5.02 Å². The maximum Gasteiger partial charge on any atom is 0.329 e. The highest BCUT2D eigenvalue weighted by atomic mass is 35.5. The van der Waals surface area contributed by atoms with E-state index in [1.807, 2.05) is 13.0 Å². The average molecular weight is 363 g/mol. The third-order valence-electron chi connectivity index (χ3n) is 3.14. The van der Waals surface area contributed by atoms with Crippen LogP contribution in [0.15, 0.2) is 41.5 Å². The molecular weight excluding hydrogens is 344 g/mol. The van der Waals surface area contributed by atoms with Crippen molar-refractivity contribution in [2.75, 3.05) is 7.11 Å². The molecule has 132 valence electrons. The molecule has 1 aromatic heterocycles. The van der Waals surface area contributed by atoms with E-state index in [4.69, 9.17) is 21.2 Å². The number of pyridine rings is 1. The number of carbonyl (C=O) groups is 1. The fourth-order valence-corrected chi connectivity index (χ4v) is 2.17. The van der Waals surface area contributed by atoms with Gasteiger partial charge in [-0.15, -0.1) is 0 Å². The minimum Gasteiger partial charge on any atom is -0.496 e. The highest BCUT2D eigenvalue weighted by Gasteiger charge is 2.09. The van der Waals surface area contributed by atoms with E-state index in [2.05, 4.69) is 20.8 Å². The molecule has 0 bridgehead atoms. The number of guanidine groups is 1. The van der Waals surface area contributed by atoms with Crippen molar-refractivity contribution in [2.45, 2.75) is 20.4 Å². The molecule has 0 aliphatic heterocycles. The topological polar surface area (TPSA) is 84.8 Å². The second-order valence-corrected chi connectivity index (χ2v) is 5.53. The predicted molar refractivity (Wildman–Crippen MR) is 95.8 cm³/mol. The summed E-state index contributed by atoms with van der Waals surface area (Å²) in [4.78, 5) is 24.3. The summed E-state index contributed by atoms with van der Waals surface area (Å²) in [6, 6.07) is 9.00. The quantitative estimate of drug-likeness (QED) is 0.494. The molecule has 0 spiro atoms. The number of hydrogen-bond acceptors (Lipinski definition) is 5. The second kappa shape index (κ2) is 8.89. The summed E-state index contributed by atoms with van der Waals surface area (Å²) in [6.45, 7) is 3.52. The molecule has 0 saturated heterocycles. The number of ether oxygens (including phenoxy) is 1. The molecule has 25 heavy (non-hydrogen) atoms. The van der Waals surface area contributed by atoms with Crippen molar-refractivity contribution >= 4 is 29.3 Å². The monoisotopic (exact) mass is 362 g/mol. The third kappa shape index (κ3) is 5.65. The van der Waals surface area contributed by atoms with Crippen LogP contribution in [0.5, 0.6) is 5.75 Å². The van der Waals surface area contributed by atoms with Crippen LogP contribution in [0.1, 0.15) is 18.1 Å². The summed E-state index contributed by atoms with van der Waals surface area (Å²) in [5.74, 6) is 0.814. The lowest BCUT2D eigenvalue weighted by Crippen LogP contribution is -2.37. The Morgan fingerprint density at radius 1 is 1.32 bits per heavy atom. The van der Waals surface area contributed by atoms with Crippen molar-refractivity contribution < 1.29 is 14.4 Å².